The van der Waals surface area contributed by atoms with Gasteiger partial charge >= 0.3 is 8.53 Å². The van der Waals surface area contributed by atoms with E-state index in [-0.39, 0.29) is 5.69 Å². The molecule has 1 unspecified atom stereocenters. The van der Waals surface area contributed by atoms with Gasteiger partial charge in [-0.25, -0.2) is 4.67 Å². The van der Waals surface area contributed by atoms with Crippen LogP contribution >= 0.6 is 8.53 Å². The van der Waals surface area contributed by atoms with Crippen LogP contribution in [0.2, 0.25) is 0 Å². The molecular weight excluding hydrogens is 339 g/mol. The first-order valence-corrected chi connectivity index (χ1v) is 8.73. The Balaban J connectivity index is 1.82. The van der Waals surface area contributed by atoms with Crippen molar-refractivity contribution < 1.29 is 14.0 Å². The van der Waals surface area contributed by atoms with E-state index in [0.29, 0.717) is 5.75 Å². The van der Waals surface area contributed by atoms with E-state index < -0.39 is 13.4 Å². The van der Waals surface area contributed by atoms with Crippen molar-refractivity contribution in [1.29, 1.82) is 0 Å². The third-order valence-corrected chi connectivity index (χ3v) is 4.86. The lowest BCUT2D eigenvalue weighted by Crippen LogP contribution is -2.13. The van der Waals surface area contributed by atoms with Crippen molar-refractivity contribution in [1.82, 2.24) is 4.67 Å². The van der Waals surface area contributed by atoms with E-state index in [9.17, 15) is 10.1 Å². The van der Waals surface area contributed by atoms with E-state index >= 15 is 0 Å². The molecule has 0 saturated heterocycles. The molecule has 0 saturated carbocycles. The van der Waals surface area contributed by atoms with Gasteiger partial charge < -0.3 is 9.05 Å². The average Bonchev–Trinajstić information content (AvgIpc) is 2.61. The summed E-state index contributed by atoms with van der Waals surface area (Å²) in [4.78, 5) is 10.3. The number of fused-ring (bicyclic) bond motifs is 1. The van der Waals surface area contributed by atoms with Crippen LogP contribution in [-0.2, 0) is 0 Å². The standard InChI is InChI=1S/C18H17N2O4P/c1-19(2)25(23-16-12-10-15(11-13-16)20(21)22)24-18-9-5-7-14-6-3-4-8-17(14)18/h3-13H,1-2H3. The number of hydrogen-bond acceptors (Lipinski definition) is 5. The van der Waals surface area contributed by atoms with E-state index in [1.807, 2.05) is 61.2 Å². The minimum atomic E-state index is -1.41. The Morgan fingerprint density at radius 2 is 1.60 bits per heavy atom. The third-order valence-electron chi connectivity index (χ3n) is 3.48. The van der Waals surface area contributed by atoms with Crippen LogP contribution in [-0.4, -0.2) is 23.7 Å². The Labute approximate surface area is 146 Å². The van der Waals surface area contributed by atoms with Crippen LogP contribution in [0, 0.1) is 10.1 Å². The molecule has 6 nitrogen and oxygen atoms in total. The van der Waals surface area contributed by atoms with Crippen LogP contribution < -0.4 is 9.05 Å². The van der Waals surface area contributed by atoms with Crippen molar-refractivity contribution >= 4 is 25.0 Å². The molecule has 0 N–H and O–H groups in total. The Bertz CT molecular complexity index is 878. The van der Waals surface area contributed by atoms with Gasteiger partial charge in [0.1, 0.15) is 11.5 Å². The van der Waals surface area contributed by atoms with Crippen molar-refractivity contribution in [2.45, 2.75) is 0 Å². The summed E-state index contributed by atoms with van der Waals surface area (Å²) in [6.07, 6.45) is 0. The molecule has 0 aromatic heterocycles. The molecule has 0 amide bonds. The van der Waals surface area contributed by atoms with Gasteiger partial charge in [-0.3, -0.25) is 10.1 Å². The SMILES string of the molecule is CN(C)P(Oc1ccc([N+](=O)[O-])cc1)Oc1cccc2ccccc12. The minimum absolute atomic E-state index is 0.0245. The molecule has 0 spiro atoms. The first kappa shape index (κ1) is 17.1. The molecule has 3 rings (SSSR count). The van der Waals surface area contributed by atoms with E-state index in [0.717, 1.165) is 16.5 Å². The highest BCUT2D eigenvalue weighted by molar-refractivity contribution is 7.45. The molecule has 7 heteroatoms. The van der Waals surface area contributed by atoms with E-state index in [4.69, 9.17) is 9.05 Å². The predicted molar refractivity (Wildman–Crippen MR) is 98.9 cm³/mol. The van der Waals surface area contributed by atoms with Gasteiger partial charge in [-0.1, -0.05) is 36.4 Å². The van der Waals surface area contributed by atoms with Crippen LogP contribution in [0.25, 0.3) is 10.8 Å². The molecule has 0 aliphatic heterocycles. The molecule has 0 aliphatic rings. The zero-order valence-electron chi connectivity index (χ0n) is 13.8. The molecule has 0 radical (unpaired) electrons. The number of benzene rings is 3. The molecular formula is C18H17N2O4P. The van der Waals surface area contributed by atoms with Crippen LogP contribution in [0.3, 0.4) is 0 Å². The fourth-order valence-electron chi connectivity index (χ4n) is 2.26. The van der Waals surface area contributed by atoms with Crippen molar-refractivity contribution in [3.05, 3.63) is 76.8 Å². The second kappa shape index (κ2) is 7.47. The lowest BCUT2D eigenvalue weighted by molar-refractivity contribution is -0.384. The van der Waals surface area contributed by atoms with Crippen LogP contribution in [0.5, 0.6) is 11.5 Å². The van der Waals surface area contributed by atoms with Gasteiger partial charge in [0.2, 0.25) is 0 Å². The number of nitro benzene ring substituents is 1. The Morgan fingerprint density at radius 1 is 0.920 bits per heavy atom. The van der Waals surface area contributed by atoms with Crippen molar-refractivity contribution in [2.75, 3.05) is 14.1 Å². The molecule has 3 aromatic carbocycles. The van der Waals surface area contributed by atoms with Gasteiger partial charge in [0.05, 0.1) is 4.92 Å². The highest BCUT2D eigenvalue weighted by Gasteiger charge is 2.20. The van der Waals surface area contributed by atoms with E-state index in [1.165, 1.54) is 12.1 Å². The summed E-state index contributed by atoms with van der Waals surface area (Å²) >= 11 is 0. The molecule has 25 heavy (non-hydrogen) atoms. The van der Waals surface area contributed by atoms with Gasteiger partial charge in [0, 0.05) is 17.5 Å². The summed E-state index contributed by atoms with van der Waals surface area (Å²) in [6, 6.07) is 19.8. The fourth-order valence-corrected chi connectivity index (χ4v) is 3.25. The molecule has 0 heterocycles. The van der Waals surface area contributed by atoms with Crippen molar-refractivity contribution in [2.24, 2.45) is 0 Å². The summed E-state index contributed by atoms with van der Waals surface area (Å²) in [5, 5.41) is 12.8. The maximum Gasteiger partial charge on any atom is 0.384 e. The van der Waals surface area contributed by atoms with Crippen LogP contribution in [0.1, 0.15) is 0 Å². The van der Waals surface area contributed by atoms with E-state index in [1.54, 1.807) is 12.1 Å². The molecule has 0 fully saturated rings. The zero-order valence-corrected chi connectivity index (χ0v) is 14.7. The van der Waals surface area contributed by atoms with Crippen LogP contribution in [0.4, 0.5) is 5.69 Å². The smallest absolute Gasteiger partial charge is 0.384 e. The number of rotatable bonds is 6. The van der Waals surface area contributed by atoms with Crippen LogP contribution in [0.15, 0.2) is 66.7 Å². The zero-order chi connectivity index (χ0) is 17.8. The maximum atomic E-state index is 10.7. The summed E-state index contributed by atoms with van der Waals surface area (Å²) in [6.45, 7) is 0. The lowest BCUT2D eigenvalue weighted by Gasteiger charge is -2.23. The molecule has 128 valence electrons. The first-order chi connectivity index (χ1) is 12.0. The number of nitro groups is 1. The van der Waals surface area contributed by atoms with Crippen molar-refractivity contribution in [3.63, 3.8) is 0 Å². The van der Waals surface area contributed by atoms with E-state index in [2.05, 4.69) is 0 Å². The summed E-state index contributed by atoms with van der Waals surface area (Å²) < 4.78 is 13.9. The summed E-state index contributed by atoms with van der Waals surface area (Å²) in [7, 11) is 2.32. The number of hydrogen-bond donors (Lipinski definition) is 0. The predicted octanol–water partition coefficient (Wildman–Crippen LogP) is 4.99. The topological polar surface area (TPSA) is 64.8 Å². The number of non-ortho nitro benzene ring substituents is 1. The molecule has 0 bridgehead atoms. The monoisotopic (exact) mass is 356 g/mol. The summed E-state index contributed by atoms with van der Waals surface area (Å²) in [5.41, 5.74) is 0.0245. The van der Waals surface area contributed by atoms with Gasteiger partial charge in [0.15, 0.2) is 0 Å². The Hall–Kier alpha value is -2.69. The largest absolute Gasteiger partial charge is 0.427 e. The lowest BCUT2D eigenvalue weighted by atomic mass is 10.1. The molecule has 0 aliphatic carbocycles. The second-order valence-electron chi connectivity index (χ2n) is 5.50. The van der Waals surface area contributed by atoms with Crippen molar-refractivity contribution in [3.8, 4) is 11.5 Å². The number of nitrogens with zero attached hydrogens (tertiary/aromatic N) is 2. The van der Waals surface area contributed by atoms with Gasteiger partial charge in [0.25, 0.3) is 5.69 Å². The quantitative estimate of drug-likeness (QED) is 0.353. The van der Waals surface area contributed by atoms with Gasteiger partial charge in [-0.15, -0.1) is 0 Å². The minimum Gasteiger partial charge on any atom is -0.427 e. The second-order valence-corrected chi connectivity index (χ2v) is 7.14. The highest BCUT2D eigenvalue weighted by Crippen LogP contribution is 2.44. The van der Waals surface area contributed by atoms with Gasteiger partial charge in [-0.2, -0.15) is 0 Å². The Morgan fingerprint density at radius 3 is 2.28 bits per heavy atom. The first-order valence-electron chi connectivity index (χ1n) is 7.60. The van der Waals surface area contributed by atoms with Gasteiger partial charge in [-0.05, 0) is 37.7 Å². The summed E-state index contributed by atoms with van der Waals surface area (Å²) in [5.74, 6) is 1.26. The average molecular weight is 356 g/mol. The highest BCUT2D eigenvalue weighted by atomic mass is 31.2. The maximum absolute atomic E-state index is 10.7. The molecule has 1 atom stereocenters. The normalized spacial score (nSPS) is 12.1. The Kier molecular flexibility index (Phi) is 5.12. The third kappa shape index (κ3) is 4.05. The fraction of sp³-hybridized carbons (Fsp3) is 0.111. The molecule has 3 aromatic rings.